The number of hydrogen-bond donors (Lipinski definition) is 3. The Labute approximate surface area is 190 Å². The van der Waals surface area contributed by atoms with E-state index in [2.05, 4.69) is 16.2 Å². The number of nitrogens with zero attached hydrogens (tertiary/aromatic N) is 2. The summed E-state index contributed by atoms with van der Waals surface area (Å²) in [6.07, 6.45) is -0.356. The van der Waals surface area contributed by atoms with Crippen LogP contribution in [0.15, 0.2) is 53.5 Å². The highest BCUT2D eigenvalue weighted by molar-refractivity contribution is 8.14. The van der Waals surface area contributed by atoms with Crippen molar-refractivity contribution in [3.63, 3.8) is 0 Å². The number of anilines is 2. The molecular formula is C22H25N5O4S. The third kappa shape index (κ3) is 4.87. The first-order chi connectivity index (χ1) is 15.6. The van der Waals surface area contributed by atoms with Gasteiger partial charge in [0.2, 0.25) is 11.8 Å². The van der Waals surface area contributed by atoms with Gasteiger partial charge < -0.3 is 14.8 Å². The van der Waals surface area contributed by atoms with Gasteiger partial charge in [0.25, 0.3) is 0 Å². The SMILES string of the molecule is CCOc1ccc(N2C(=O)C3CNNC3N=C2SCC(=O)Nc2cccc(OC)c2)cc1. The molecule has 0 spiro atoms. The largest absolute Gasteiger partial charge is 0.497 e. The molecule has 2 unspecified atom stereocenters. The summed E-state index contributed by atoms with van der Waals surface area (Å²) in [7, 11) is 1.57. The van der Waals surface area contributed by atoms with E-state index in [4.69, 9.17) is 14.5 Å². The highest BCUT2D eigenvalue weighted by Crippen LogP contribution is 2.30. The second-order valence-electron chi connectivity index (χ2n) is 7.16. The quantitative estimate of drug-likeness (QED) is 0.588. The van der Waals surface area contributed by atoms with Gasteiger partial charge in [-0.25, -0.2) is 10.4 Å². The van der Waals surface area contributed by atoms with Crippen molar-refractivity contribution in [1.82, 2.24) is 10.9 Å². The molecule has 2 aliphatic rings. The summed E-state index contributed by atoms with van der Waals surface area (Å²) in [6.45, 7) is 2.98. The molecule has 10 heteroatoms. The van der Waals surface area contributed by atoms with Crippen LogP contribution in [0, 0.1) is 5.92 Å². The van der Waals surface area contributed by atoms with Gasteiger partial charge in [-0.2, -0.15) is 0 Å². The first-order valence-electron chi connectivity index (χ1n) is 10.3. The number of ether oxygens (including phenoxy) is 2. The molecular weight excluding hydrogens is 430 g/mol. The van der Waals surface area contributed by atoms with E-state index in [1.807, 2.05) is 31.2 Å². The van der Waals surface area contributed by atoms with Crippen molar-refractivity contribution < 1.29 is 19.1 Å². The number of methoxy groups -OCH3 is 1. The van der Waals surface area contributed by atoms with Gasteiger partial charge in [-0.05, 0) is 43.3 Å². The number of carbonyl (C=O) groups excluding carboxylic acids is 2. The Kier molecular flexibility index (Phi) is 6.93. The summed E-state index contributed by atoms with van der Waals surface area (Å²) in [4.78, 5) is 32.1. The van der Waals surface area contributed by atoms with Crippen LogP contribution in [0.2, 0.25) is 0 Å². The number of hydrogen-bond acceptors (Lipinski definition) is 8. The normalized spacial score (nSPS) is 19.9. The van der Waals surface area contributed by atoms with Crippen molar-refractivity contribution in [1.29, 1.82) is 0 Å². The minimum atomic E-state index is -0.356. The number of amides is 2. The topological polar surface area (TPSA) is 104 Å². The third-order valence-electron chi connectivity index (χ3n) is 5.02. The summed E-state index contributed by atoms with van der Waals surface area (Å²) >= 11 is 1.22. The molecule has 2 amide bonds. The maximum atomic E-state index is 13.2. The number of carbonyl (C=O) groups is 2. The molecule has 0 radical (unpaired) electrons. The molecule has 168 valence electrons. The summed E-state index contributed by atoms with van der Waals surface area (Å²) in [5.74, 6) is 0.905. The molecule has 0 aromatic heterocycles. The van der Waals surface area contributed by atoms with Gasteiger partial charge in [-0.3, -0.25) is 19.9 Å². The summed E-state index contributed by atoms with van der Waals surface area (Å²) in [5, 5.41) is 3.32. The van der Waals surface area contributed by atoms with Crippen LogP contribution in [0.5, 0.6) is 11.5 Å². The van der Waals surface area contributed by atoms with Gasteiger partial charge in [0.15, 0.2) is 5.17 Å². The minimum absolute atomic E-state index is 0.0673. The lowest BCUT2D eigenvalue weighted by molar-refractivity contribution is -0.121. The zero-order valence-electron chi connectivity index (χ0n) is 17.8. The Balaban J connectivity index is 1.50. The lowest BCUT2D eigenvalue weighted by atomic mass is 10.0. The molecule has 2 aromatic carbocycles. The first-order valence-corrected chi connectivity index (χ1v) is 11.3. The minimum Gasteiger partial charge on any atom is -0.497 e. The van der Waals surface area contributed by atoms with Crippen LogP contribution in [0.1, 0.15) is 6.92 Å². The van der Waals surface area contributed by atoms with E-state index >= 15 is 0 Å². The van der Waals surface area contributed by atoms with Gasteiger partial charge in [-0.1, -0.05) is 17.8 Å². The Morgan fingerprint density at radius 2 is 2.06 bits per heavy atom. The van der Waals surface area contributed by atoms with Crippen LogP contribution in [0.25, 0.3) is 0 Å². The van der Waals surface area contributed by atoms with Gasteiger partial charge in [0, 0.05) is 18.3 Å². The molecule has 2 heterocycles. The molecule has 32 heavy (non-hydrogen) atoms. The number of hydrazine groups is 1. The predicted molar refractivity (Wildman–Crippen MR) is 125 cm³/mol. The van der Waals surface area contributed by atoms with Gasteiger partial charge >= 0.3 is 0 Å². The van der Waals surface area contributed by atoms with E-state index in [0.717, 1.165) is 5.75 Å². The smallest absolute Gasteiger partial charge is 0.241 e. The average molecular weight is 456 g/mol. The fourth-order valence-electron chi connectivity index (χ4n) is 3.49. The van der Waals surface area contributed by atoms with Crippen LogP contribution in [0.4, 0.5) is 11.4 Å². The molecule has 0 aliphatic carbocycles. The lowest BCUT2D eigenvalue weighted by Crippen LogP contribution is -2.49. The maximum Gasteiger partial charge on any atom is 0.241 e. The number of nitrogens with one attached hydrogen (secondary N) is 3. The summed E-state index contributed by atoms with van der Waals surface area (Å²) in [6, 6.07) is 14.4. The van der Waals surface area contributed by atoms with E-state index in [-0.39, 0.29) is 29.7 Å². The number of amidine groups is 1. The number of thioether (sulfide) groups is 1. The van der Waals surface area contributed by atoms with Gasteiger partial charge in [0.1, 0.15) is 17.7 Å². The van der Waals surface area contributed by atoms with Crippen molar-refractivity contribution in [2.24, 2.45) is 10.9 Å². The number of rotatable bonds is 7. The molecule has 4 rings (SSSR count). The fraction of sp³-hybridized carbons (Fsp3) is 0.318. The van der Waals surface area contributed by atoms with E-state index in [0.29, 0.717) is 35.4 Å². The summed E-state index contributed by atoms with van der Waals surface area (Å²) < 4.78 is 10.7. The Morgan fingerprint density at radius 3 is 2.81 bits per heavy atom. The molecule has 1 saturated heterocycles. The van der Waals surface area contributed by atoms with Gasteiger partial charge in [0.05, 0.1) is 31.1 Å². The maximum absolute atomic E-state index is 13.2. The van der Waals surface area contributed by atoms with Crippen LogP contribution >= 0.6 is 11.8 Å². The Morgan fingerprint density at radius 1 is 1.25 bits per heavy atom. The van der Waals surface area contributed by atoms with Crippen molar-refractivity contribution in [3.8, 4) is 11.5 Å². The molecule has 2 aliphatic heterocycles. The number of fused-ring (bicyclic) bond motifs is 1. The molecule has 2 atom stereocenters. The van der Waals surface area contributed by atoms with Crippen molar-refractivity contribution >= 4 is 40.1 Å². The monoisotopic (exact) mass is 455 g/mol. The first kappa shape index (κ1) is 22.1. The number of aliphatic imine (C=N–C) groups is 1. The molecule has 2 aromatic rings. The highest BCUT2D eigenvalue weighted by Gasteiger charge is 2.42. The van der Waals surface area contributed by atoms with E-state index in [9.17, 15) is 9.59 Å². The van der Waals surface area contributed by atoms with E-state index in [1.54, 1.807) is 36.3 Å². The van der Waals surface area contributed by atoms with Crippen LogP contribution in [-0.4, -0.2) is 49.2 Å². The zero-order valence-corrected chi connectivity index (χ0v) is 18.6. The second-order valence-corrected chi connectivity index (χ2v) is 8.10. The van der Waals surface area contributed by atoms with Crippen molar-refractivity contribution in [2.75, 3.05) is 36.2 Å². The van der Waals surface area contributed by atoms with E-state index in [1.165, 1.54) is 11.8 Å². The Hall–Kier alpha value is -3.08. The van der Waals surface area contributed by atoms with Crippen LogP contribution in [-0.2, 0) is 9.59 Å². The second kappa shape index (κ2) is 10.0. The van der Waals surface area contributed by atoms with Gasteiger partial charge in [-0.15, -0.1) is 0 Å². The van der Waals surface area contributed by atoms with E-state index < -0.39 is 0 Å². The fourth-order valence-corrected chi connectivity index (χ4v) is 4.34. The predicted octanol–water partition coefficient (Wildman–Crippen LogP) is 2.22. The number of benzene rings is 2. The average Bonchev–Trinajstić information content (AvgIpc) is 3.28. The van der Waals surface area contributed by atoms with Crippen LogP contribution < -0.4 is 30.5 Å². The van der Waals surface area contributed by atoms with Crippen molar-refractivity contribution in [2.45, 2.75) is 13.1 Å². The zero-order chi connectivity index (χ0) is 22.5. The third-order valence-corrected chi connectivity index (χ3v) is 5.98. The highest BCUT2D eigenvalue weighted by atomic mass is 32.2. The molecule has 1 fully saturated rings. The molecule has 9 nitrogen and oxygen atoms in total. The lowest BCUT2D eigenvalue weighted by Gasteiger charge is -2.32. The van der Waals surface area contributed by atoms with Crippen LogP contribution in [0.3, 0.4) is 0 Å². The molecule has 0 bridgehead atoms. The molecule has 0 saturated carbocycles. The standard InChI is InChI=1S/C22H25N5O4S/c1-3-31-16-9-7-15(8-10-16)27-21(29)18-12-23-26-20(18)25-22(27)32-13-19(28)24-14-5-4-6-17(11-14)30-2/h4-11,18,20,23,26H,3,12-13H2,1-2H3,(H,24,28). The molecule has 3 N–H and O–H groups in total. The Bertz CT molecular complexity index is 1010. The summed E-state index contributed by atoms with van der Waals surface area (Å²) in [5.41, 5.74) is 7.34. The van der Waals surface area contributed by atoms with Crippen molar-refractivity contribution in [3.05, 3.63) is 48.5 Å².